The van der Waals surface area contributed by atoms with Crippen molar-refractivity contribution in [3.63, 3.8) is 0 Å². The van der Waals surface area contributed by atoms with E-state index in [2.05, 4.69) is 5.32 Å². The Kier molecular flexibility index (Phi) is 13.7. The highest BCUT2D eigenvalue weighted by atomic mass is 16.3. The van der Waals surface area contributed by atoms with Crippen molar-refractivity contribution in [3.05, 3.63) is 12.0 Å². The Labute approximate surface area is 86.8 Å². The molecule has 6 N–H and O–H groups in total. The number of aliphatic hydroxyl groups is 1. The molecule has 0 atom stereocenters. The van der Waals surface area contributed by atoms with Gasteiger partial charge in [-0.05, 0) is 13.0 Å². The molecule has 0 aliphatic heterocycles. The van der Waals surface area contributed by atoms with E-state index >= 15 is 0 Å². The van der Waals surface area contributed by atoms with Gasteiger partial charge in [0.25, 0.3) is 0 Å². The zero-order chi connectivity index (χ0) is 11.4. The van der Waals surface area contributed by atoms with Crippen LogP contribution in [-0.4, -0.2) is 50.3 Å². The number of nitrogens with zero attached hydrogens (tertiary/aromatic N) is 1. The minimum atomic E-state index is 0.306. The molecule has 0 bridgehead atoms. The molecule has 0 aromatic heterocycles. The van der Waals surface area contributed by atoms with Gasteiger partial charge >= 0.3 is 0 Å². The lowest BCUT2D eigenvalue weighted by atomic mass is 10.6. The molecule has 14 heavy (non-hydrogen) atoms. The van der Waals surface area contributed by atoms with Gasteiger partial charge in [0, 0.05) is 40.3 Å². The SMILES string of the molecule is C/C=C(\O)N(C)C.NCCNCCN. The van der Waals surface area contributed by atoms with Crippen LogP contribution in [0, 0.1) is 0 Å². The van der Waals surface area contributed by atoms with Crippen LogP contribution in [0.15, 0.2) is 12.0 Å². The van der Waals surface area contributed by atoms with Crippen LogP contribution in [0.1, 0.15) is 6.92 Å². The van der Waals surface area contributed by atoms with Crippen LogP contribution in [0.4, 0.5) is 0 Å². The molecule has 0 rings (SSSR count). The molecule has 5 nitrogen and oxygen atoms in total. The molecule has 5 heteroatoms. The third-order valence-electron chi connectivity index (χ3n) is 1.36. The maximum Gasteiger partial charge on any atom is 0.181 e. The van der Waals surface area contributed by atoms with E-state index in [-0.39, 0.29) is 0 Å². The van der Waals surface area contributed by atoms with Crippen molar-refractivity contribution in [2.75, 3.05) is 40.3 Å². The maximum absolute atomic E-state index is 8.72. The molecule has 0 aromatic carbocycles. The monoisotopic (exact) mass is 204 g/mol. The highest BCUT2D eigenvalue weighted by molar-refractivity contribution is 4.83. The quantitative estimate of drug-likeness (QED) is 0.357. The first-order chi connectivity index (χ1) is 6.59. The highest BCUT2D eigenvalue weighted by Crippen LogP contribution is 1.88. The Morgan fingerprint density at radius 3 is 1.86 bits per heavy atom. The van der Waals surface area contributed by atoms with Crippen LogP contribution < -0.4 is 16.8 Å². The summed E-state index contributed by atoms with van der Waals surface area (Å²) in [5.74, 6) is 0.306. The number of rotatable bonds is 5. The van der Waals surface area contributed by atoms with Crippen molar-refractivity contribution in [2.45, 2.75) is 6.92 Å². The van der Waals surface area contributed by atoms with E-state index in [1.807, 2.05) is 0 Å². The van der Waals surface area contributed by atoms with Crippen molar-refractivity contribution in [2.24, 2.45) is 11.5 Å². The summed E-state index contributed by atoms with van der Waals surface area (Å²) < 4.78 is 0. The minimum Gasteiger partial charge on any atom is -0.495 e. The lowest BCUT2D eigenvalue weighted by Gasteiger charge is -2.08. The second-order valence-corrected chi connectivity index (χ2v) is 2.87. The van der Waals surface area contributed by atoms with Gasteiger partial charge in [-0.25, -0.2) is 0 Å². The third kappa shape index (κ3) is 13.8. The molecule has 0 saturated heterocycles. The summed E-state index contributed by atoms with van der Waals surface area (Å²) >= 11 is 0. The Bertz CT molecular complexity index is 133. The van der Waals surface area contributed by atoms with E-state index in [9.17, 15) is 0 Å². The summed E-state index contributed by atoms with van der Waals surface area (Å²) in [6.45, 7) is 4.92. The molecule has 0 fully saturated rings. The van der Waals surface area contributed by atoms with E-state index in [4.69, 9.17) is 16.6 Å². The smallest absolute Gasteiger partial charge is 0.181 e. The van der Waals surface area contributed by atoms with Gasteiger partial charge < -0.3 is 26.8 Å². The van der Waals surface area contributed by atoms with Crippen molar-refractivity contribution < 1.29 is 5.11 Å². The first-order valence-corrected chi connectivity index (χ1v) is 4.73. The molecule has 0 amide bonds. The number of nitrogens with one attached hydrogen (secondary N) is 1. The molecule has 0 radical (unpaired) electrons. The first kappa shape index (κ1) is 15.7. The lowest BCUT2D eigenvalue weighted by Crippen LogP contribution is -2.27. The summed E-state index contributed by atoms with van der Waals surface area (Å²) in [5, 5.41) is 11.8. The second kappa shape index (κ2) is 12.2. The number of nitrogens with two attached hydrogens (primary N) is 2. The topological polar surface area (TPSA) is 87.5 Å². The molecule has 0 aliphatic carbocycles. The number of hydrogen-bond donors (Lipinski definition) is 4. The van der Waals surface area contributed by atoms with Crippen LogP contribution in [-0.2, 0) is 0 Å². The predicted molar refractivity (Wildman–Crippen MR) is 61.1 cm³/mol. The summed E-state index contributed by atoms with van der Waals surface area (Å²) in [6.07, 6.45) is 1.64. The van der Waals surface area contributed by atoms with Crippen molar-refractivity contribution in [1.82, 2.24) is 10.2 Å². The van der Waals surface area contributed by atoms with Gasteiger partial charge in [-0.15, -0.1) is 0 Å². The number of aliphatic hydroxyl groups excluding tert-OH is 1. The molecular weight excluding hydrogens is 180 g/mol. The Hall–Kier alpha value is -0.780. The standard InChI is InChI=1S/C5H11NO.C4H13N3/c1-4-5(7)6(2)3;5-1-3-7-4-2-6/h4,7H,1-3H3;7H,1-6H2/b5-4-;. The average molecular weight is 204 g/mol. The Morgan fingerprint density at radius 1 is 1.29 bits per heavy atom. The van der Waals surface area contributed by atoms with E-state index in [0.717, 1.165) is 13.1 Å². The second-order valence-electron chi connectivity index (χ2n) is 2.87. The van der Waals surface area contributed by atoms with Gasteiger partial charge in [-0.2, -0.15) is 0 Å². The molecule has 0 spiro atoms. The van der Waals surface area contributed by atoms with Gasteiger partial charge in [0.05, 0.1) is 0 Å². The zero-order valence-corrected chi connectivity index (χ0v) is 9.45. The molecule has 0 aliphatic rings. The van der Waals surface area contributed by atoms with Crippen LogP contribution in [0.2, 0.25) is 0 Å². The van der Waals surface area contributed by atoms with Crippen LogP contribution in [0.3, 0.4) is 0 Å². The fourth-order valence-electron chi connectivity index (χ4n) is 0.587. The molecule has 0 unspecified atom stereocenters. The summed E-state index contributed by atoms with van der Waals surface area (Å²) in [4.78, 5) is 1.64. The normalized spacial score (nSPS) is 10.5. The van der Waals surface area contributed by atoms with E-state index in [0.29, 0.717) is 19.0 Å². The number of hydrogen-bond acceptors (Lipinski definition) is 5. The maximum atomic E-state index is 8.72. The van der Waals surface area contributed by atoms with Crippen LogP contribution in [0.5, 0.6) is 0 Å². The Balaban J connectivity index is 0. The van der Waals surface area contributed by atoms with Crippen LogP contribution in [0.25, 0.3) is 0 Å². The highest BCUT2D eigenvalue weighted by Gasteiger charge is 1.86. The van der Waals surface area contributed by atoms with Gasteiger partial charge in [0.1, 0.15) is 0 Å². The van der Waals surface area contributed by atoms with E-state index < -0.39 is 0 Å². The molecular formula is C9H24N4O. The molecule has 86 valence electrons. The van der Waals surface area contributed by atoms with Gasteiger partial charge in [0.15, 0.2) is 5.88 Å². The van der Waals surface area contributed by atoms with Crippen molar-refractivity contribution >= 4 is 0 Å². The van der Waals surface area contributed by atoms with E-state index in [1.54, 1.807) is 32.0 Å². The molecule has 0 heterocycles. The van der Waals surface area contributed by atoms with Crippen molar-refractivity contribution in [3.8, 4) is 0 Å². The summed E-state index contributed by atoms with van der Waals surface area (Å²) in [7, 11) is 3.57. The lowest BCUT2D eigenvalue weighted by molar-refractivity contribution is 0.263. The number of allylic oxidation sites excluding steroid dienone is 1. The zero-order valence-electron chi connectivity index (χ0n) is 9.45. The molecule has 0 saturated carbocycles. The fourth-order valence-corrected chi connectivity index (χ4v) is 0.587. The summed E-state index contributed by atoms with van der Waals surface area (Å²) in [6, 6.07) is 0. The summed E-state index contributed by atoms with van der Waals surface area (Å²) in [5.41, 5.74) is 10.3. The third-order valence-corrected chi connectivity index (χ3v) is 1.36. The van der Waals surface area contributed by atoms with Gasteiger partial charge in [-0.3, -0.25) is 0 Å². The largest absolute Gasteiger partial charge is 0.495 e. The van der Waals surface area contributed by atoms with Crippen LogP contribution >= 0.6 is 0 Å². The minimum absolute atomic E-state index is 0.306. The average Bonchev–Trinajstić information content (AvgIpc) is 2.18. The van der Waals surface area contributed by atoms with E-state index in [1.165, 1.54) is 0 Å². The first-order valence-electron chi connectivity index (χ1n) is 4.73. The van der Waals surface area contributed by atoms with Gasteiger partial charge in [0.2, 0.25) is 0 Å². The Morgan fingerprint density at radius 2 is 1.71 bits per heavy atom. The molecule has 0 aromatic rings. The van der Waals surface area contributed by atoms with Gasteiger partial charge in [-0.1, -0.05) is 0 Å². The predicted octanol–water partition coefficient (Wildman–Crippen LogP) is -0.539. The van der Waals surface area contributed by atoms with Crippen molar-refractivity contribution in [1.29, 1.82) is 0 Å². The fraction of sp³-hybridized carbons (Fsp3) is 0.778.